The topological polar surface area (TPSA) is 62.1 Å². The minimum atomic E-state index is -0.273. The Morgan fingerprint density at radius 2 is 1.97 bits per heavy atom. The number of benzene rings is 2. The van der Waals surface area contributed by atoms with Gasteiger partial charge in [0, 0.05) is 30.0 Å². The van der Waals surface area contributed by atoms with Crippen LogP contribution in [0.15, 0.2) is 41.4 Å². The summed E-state index contributed by atoms with van der Waals surface area (Å²) >= 11 is 3.23. The van der Waals surface area contributed by atoms with Crippen molar-refractivity contribution in [3.05, 3.63) is 46.8 Å². The predicted octanol–water partition coefficient (Wildman–Crippen LogP) is 4.32. The molecule has 0 atom stereocenters. The molecule has 1 aliphatic rings. The standard InChI is InChI=1S/C21H22N2O4S2/c1-13(2)27-15-6-4-14(5-7-15)20(24)22-21-23(8-9-28-3)16-10-17-18(26-12-25-17)11-19(16)29-21/h4-7,10-11,13H,8-9,12H2,1-3H3. The predicted molar refractivity (Wildman–Crippen MR) is 116 cm³/mol. The lowest BCUT2D eigenvalue weighted by atomic mass is 10.2. The molecule has 0 saturated heterocycles. The first-order valence-electron chi connectivity index (χ1n) is 9.33. The third kappa shape index (κ3) is 4.28. The average Bonchev–Trinajstić information content (AvgIpc) is 3.28. The monoisotopic (exact) mass is 430 g/mol. The molecule has 2 heterocycles. The highest BCUT2D eigenvalue weighted by Crippen LogP contribution is 2.37. The highest BCUT2D eigenvalue weighted by atomic mass is 32.2. The summed E-state index contributed by atoms with van der Waals surface area (Å²) in [5, 5.41) is 0. The van der Waals surface area contributed by atoms with Crippen LogP contribution in [0.5, 0.6) is 17.2 Å². The summed E-state index contributed by atoms with van der Waals surface area (Å²) in [6.07, 6.45) is 2.15. The quantitative estimate of drug-likeness (QED) is 0.583. The molecule has 6 nitrogen and oxygen atoms in total. The minimum Gasteiger partial charge on any atom is -0.491 e. The van der Waals surface area contributed by atoms with Gasteiger partial charge in [0.2, 0.25) is 6.79 Å². The van der Waals surface area contributed by atoms with Crippen molar-refractivity contribution < 1.29 is 19.0 Å². The molecule has 8 heteroatoms. The highest BCUT2D eigenvalue weighted by Gasteiger charge is 2.18. The average molecular weight is 431 g/mol. The zero-order valence-electron chi connectivity index (χ0n) is 16.5. The van der Waals surface area contributed by atoms with Crippen molar-refractivity contribution in [2.24, 2.45) is 4.99 Å². The SMILES string of the molecule is CSCCn1c(=NC(=O)c2ccc(OC(C)C)cc2)sc2cc3c(cc21)OCO3. The summed E-state index contributed by atoms with van der Waals surface area (Å²) in [5.41, 5.74) is 1.53. The molecule has 0 radical (unpaired) electrons. The lowest BCUT2D eigenvalue weighted by Gasteiger charge is -2.09. The van der Waals surface area contributed by atoms with Gasteiger partial charge in [0.15, 0.2) is 16.3 Å². The van der Waals surface area contributed by atoms with Gasteiger partial charge in [-0.05, 0) is 44.4 Å². The number of amides is 1. The molecule has 3 aromatic rings. The summed E-state index contributed by atoms with van der Waals surface area (Å²) in [7, 11) is 0. The summed E-state index contributed by atoms with van der Waals surface area (Å²) in [4.78, 5) is 17.9. The van der Waals surface area contributed by atoms with E-state index in [-0.39, 0.29) is 18.8 Å². The molecule has 0 fully saturated rings. The number of ether oxygens (including phenoxy) is 3. The second-order valence-corrected chi connectivity index (χ2v) is 8.80. The van der Waals surface area contributed by atoms with Crippen molar-refractivity contribution in [3.63, 3.8) is 0 Å². The smallest absolute Gasteiger partial charge is 0.279 e. The van der Waals surface area contributed by atoms with Crippen LogP contribution in [-0.2, 0) is 6.54 Å². The maximum Gasteiger partial charge on any atom is 0.279 e. The first-order chi connectivity index (χ1) is 14.0. The summed E-state index contributed by atoms with van der Waals surface area (Å²) in [6.45, 7) is 4.93. The van der Waals surface area contributed by atoms with Crippen LogP contribution in [-0.4, -0.2) is 35.4 Å². The highest BCUT2D eigenvalue weighted by molar-refractivity contribution is 7.98. The van der Waals surface area contributed by atoms with Crippen molar-refractivity contribution in [1.82, 2.24) is 4.57 Å². The molecule has 1 amide bonds. The first-order valence-corrected chi connectivity index (χ1v) is 11.5. The maximum absolute atomic E-state index is 12.8. The minimum absolute atomic E-state index is 0.0877. The van der Waals surface area contributed by atoms with Crippen LogP contribution < -0.4 is 19.0 Å². The molecule has 0 unspecified atom stereocenters. The van der Waals surface area contributed by atoms with Gasteiger partial charge in [0.1, 0.15) is 5.75 Å². The Bertz CT molecular complexity index is 1100. The van der Waals surface area contributed by atoms with Crippen molar-refractivity contribution in [3.8, 4) is 17.2 Å². The zero-order chi connectivity index (χ0) is 20.4. The van der Waals surface area contributed by atoms with Crippen molar-refractivity contribution in [2.75, 3.05) is 18.8 Å². The molecule has 4 rings (SSSR count). The van der Waals surface area contributed by atoms with E-state index in [1.165, 1.54) is 11.3 Å². The third-order valence-electron chi connectivity index (χ3n) is 4.37. The van der Waals surface area contributed by atoms with E-state index in [0.29, 0.717) is 10.4 Å². The number of fused-ring (bicyclic) bond motifs is 2. The molecule has 0 N–H and O–H groups in total. The van der Waals surface area contributed by atoms with Gasteiger partial charge < -0.3 is 18.8 Å². The first kappa shape index (κ1) is 19.8. The Balaban J connectivity index is 1.71. The molecule has 2 aromatic carbocycles. The number of thiazole rings is 1. The molecule has 0 spiro atoms. The zero-order valence-corrected chi connectivity index (χ0v) is 18.1. The fourth-order valence-corrected chi connectivity index (χ4v) is 4.47. The van der Waals surface area contributed by atoms with Gasteiger partial charge in [0.25, 0.3) is 5.91 Å². The number of rotatable bonds is 6. The Labute approximate surface area is 177 Å². The molecule has 29 heavy (non-hydrogen) atoms. The van der Waals surface area contributed by atoms with Crippen LogP contribution in [0, 0.1) is 0 Å². The third-order valence-corrected chi connectivity index (χ3v) is 6.00. The van der Waals surface area contributed by atoms with E-state index in [0.717, 1.165) is 39.8 Å². The molecular weight excluding hydrogens is 408 g/mol. The van der Waals surface area contributed by atoms with Gasteiger partial charge in [-0.25, -0.2) is 0 Å². The van der Waals surface area contributed by atoms with Gasteiger partial charge in [0.05, 0.1) is 16.3 Å². The normalized spacial score (nSPS) is 13.4. The summed E-state index contributed by atoms with van der Waals surface area (Å²) < 4.78 is 19.7. The second kappa shape index (κ2) is 8.51. The van der Waals surface area contributed by atoms with E-state index in [4.69, 9.17) is 14.2 Å². The lowest BCUT2D eigenvalue weighted by molar-refractivity contribution is 0.0998. The van der Waals surface area contributed by atoms with Gasteiger partial charge in [-0.15, -0.1) is 0 Å². The molecule has 0 saturated carbocycles. The second-order valence-electron chi connectivity index (χ2n) is 6.81. The molecule has 0 aliphatic carbocycles. The number of nitrogens with zero attached hydrogens (tertiary/aromatic N) is 2. The van der Waals surface area contributed by atoms with E-state index in [2.05, 4.69) is 15.8 Å². The number of carbonyl (C=O) groups excluding carboxylic acids is 1. The fourth-order valence-electron chi connectivity index (χ4n) is 3.04. The number of thioether (sulfide) groups is 1. The summed E-state index contributed by atoms with van der Waals surface area (Å²) in [6, 6.07) is 11.0. The molecule has 1 aromatic heterocycles. The summed E-state index contributed by atoms with van der Waals surface area (Å²) in [5.74, 6) is 2.85. The lowest BCUT2D eigenvalue weighted by Crippen LogP contribution is -2.18. The largest absolute Gasteiger partial charge is 0.491 e. The Morgan fingerprint density at radius 3 is 2.66 bits per heavy atom. The van der Waals surface area contributed by atoms with E-state index in [9.17, 15) is 4.79 Å². The number of aryl methyl sites for hydroxylation is 1. The van der Waals surface area contributed by atoms with Crippen LogP contribution in [0.2, 0.25) is 0 Å². The van der Waals surface area contributed by atoms with Crippen LogP contribution in [0.3, 0.4) is 0 Å². The van der Waals surface area contributed by atoms with E-state index < -0.39 is 0 Å². The molecule has 152 valence electrons. The number of hydrogen-bond donors (Lipinski definition) is 0. The van der Waals surface area contributed by atoms with Gasteiger partial charge in [-0.2, -0.15) is 16.8 Å². The number of carbonyl (C=O) groups is 1. The van der Waals surface area contributed by atoms with E-state index >= 15 is 0 Å². The molecule has 1 aliphatic heterocycles. The van der Waals surface area contributed by atoms with Crippen molar-refractivity contribution in [1.29, 1.82) is 0 Å². The van der Waals surface area contributed by atoms with Crippen LogP contribution in [0.1, 0.15) is 24.2 Å². The van der Waals surface area contributed by atoms with E-state index in [1.54, 1.807) is 36.0 Å². The van der Waals surface area contributed by atoms with Crippen molar-refractivity contribution in [2.45, 2.75) is 26.5 Å². The van der Waals surface area contributed by atoms with Crippen LogP contribution >= 0.6 is 23.1 Å². The Kier molecular flexibility index (Phi) is 5.82. The van der Waals surface area contributed by atoms with Gasteiger partial charge in [-0.1, -0.05) is 11.3 Å². The Morgan fingerprint density at radius 1 is 1.24 bits per heavy atom. The van der Waals surface area contributed by atoms with E-state index in [1.807, 2.05) is 26.0 Å². The van der Waals surface area contributed by atoms with Crippen LogP contribution in [0.25, 0.3) is 10.2 Å². The molecule has 0 bridgehead atoms. The van der Waals surface area contributed by atoms with Gasteiger partial charge >= 0.3 is 0 Å². The van der Waals surface area contributed by atoms with Gasteiger partial charge in [-0.3, -0.25) is 4.79 Å². The number of hydrogen-bond acceptors (Lipinski definition) is 6. The maximum atomic E-state index is 12.8. The fraction of sp³-hybridized carbons (Fsp3) is 0.333. The Hall–Kier alpha value is -2.45. The molecular formula is C21H22N2O4S2. The van der Waals surface area contributed by atoms with Crippen molar-refractivity contribution >= 4 is 39.2 Å². The van der Waals surface area contributed by atoms with Crippen LogP contribution in [0.4, 0.5) is 0 Å². The number of aromatic nitrogens is 1.